The minimum atomic E-state index is -0.533. The molecule has 1 fully saturated rings. The Hall–Kier alpha value is -2.86. The number of ether oxygens (including phenoxy) is 1. The van der Waals surface area contributed by atoms with Crippen LogP contribution in [-0.2, 0) is 4.74 Å². The lowest BCUT2D eigenvalue weighted by atomic mass is 9.97. The van der Waals surface area contributed by atoms with Gasteiger partial charge in [0.15, 0.2) is 5.69 Å². The maximum absolute atomic E-state index is 12.2. The average Bonchev–Trinajstić information content (AvgIpc) is 3.06. The zero-order chi connectivity index (χ0) is 21.9. The van der Waals surface area contributed by atoms with Gasteiger partial charge in [-0.2, -0.15) is 9.64 Å². The second kappa shape index (κ2) is 8.88. The zero-order valence-electron chi connectivity index (χ0n) is 18.0. The maximum Gasteiger partial charge on any atom is 0.407 e. The number of carbonyl (C=O) groups is 1. The summed E-state index contributed by atoms with van der Waals surface area (Å²) in [4.78, 5) is 18.8. The number of piperidine rings is 1. The van der Waals surface area contributed by atoms with Crippen molar-refractivity contribution in [2.24, 2.45) is 0 Å². The number of carbonyl (C=O) groups excluding carboxylic acids is 1. The molecular formula is C21H28N6O2S. The molecule has 0 spiro atoms. The summed E-state index contributed by atoms with van der Waals surface area (Å²) in [6.45, 7) is 10.4. The van der Waals surface area contributed by atoms with E-state index in [0.717, 1.165) is 35.8 Å². The van der Waals surface area contributed by atoms with Crippen LogP contribution in [0.5, 0.6) is 0 Å². The molecule has 0 saturated carbocycles. The lowest BCUT2D eigenvalue weighted by molar-refractivity contribution is 0.0489. The minimum Gasteiger partial charge on any atom is -0.444 e. The van der Waals surface area contributed by atoms with Crippen LogP contribution in [0.1, 0.15) is 51.9 Å². The third kappa shape index (κ3) is 5.39. The molecule has 0 aromatic carbocycles. The highest BCUT2D eigenvalue weighted by Crippen LogP contribution is 2.30. The molecule has 2 N–H and O–H groups in total. The van der Waals surface area contributed by atoms with Gasteiger partial charge >= 0.3 is 6.09 Å². The molecule has 1 aliphatic rings. The van der Waals surface area contributed by atoms with Gasteiger partial charge in [-0.15, -0.1) is 0 Å². The molecule has 160 valence electrons. The first-order chi connectivity index (χ1) is 14.2. The van der Waals surface area contributed by atoms with E-state index in [2.05, 4.69) is 37.9 Å². The monoisotopic (exact) mass is 428 g/mol. The molecule has 2 aromatic rings. The fraction of sp³-hybridized carbons (Fsp3) is 0.524. The van der Waals surface area contributed by atoms with Gasteiger partial charge in [0.1, 0.15) is 16.7 Å². The van der Waals surface area contributed by atoms with E-state index in [1.54, 1.807) is 6.20 Å². The van der Waals surface area contributed by atoms with Crippen molar-refractivity contribution < 1.29 is 9.53 Å². The Labute approximate surface area is 181 Å². The average molecular weight is 429 g/mol. The van der Waals surface area contributed by atoms with Gasteiger partial charge < -0.3 is 20.3 Å². The Bertz CT molecular complexity index is 946. The molecule has 0 radical (unpaired) electrons. The van der Waals surface area contributed by atoms with Crippen LogP contribution in [0.25, 0.3) is 0 Å². The van der Waals surface area contributed by atoms with Gasteiger partial charge in [-0.1, -0.05) is 0 Å². The van der Waals surface area contributed by atoms with E-state index in [0.29, 0.717) is 11.4 Å². The predicted octanol–water partition coefficient (Wildman–Crippen LogP) is 4.34. The fourth-order valence-corrected chi connectivity index (χ4v) is 4.18. The van der Waals surface area contributed by atoms with Crippen molar-refractivity contribution in [1.82, 2.24) is 14.7 Å². The van der Waals surface area contributed by atoms with Gasteiger partial charge in [0.2, 0.25) is 0 Å². The molecule has 30 heavy (non-hydrogen) atoms. The molecule has 0 unspecified atom stereocenters. The van der Waals surface area contributed by atoms with Crippen LogP contribution in [-0.4, -0.2) is 39.7 Å². The standard InChI is InChI=1S/C21H28N6O2S/c1-13-9-19(30-26-13)24-17-10-15(12-23-18(17)11-22)27-8-6-7-16(14(27)2)25-20(28)29-21(3,4)5/h9-10,12,14,16,24H,6-8H2,1-5H3,(H,25,28)/t14-,16-/m1/s1. The highest BCUT2D eigenvalue weighted by Gasteiger charge is 2.31. The Morgan fingerprint density at radius 1 is 1.40 bits per heavy atom. The van der Waals surface area contributed by atoms with Crippen molar-refractivity contribution in [3.63, 3.8) is 0 Å². The first kappa shape index (κ1) is 21.8. The Morgan fingerprint density at radius 3 is 2.80 bits per heavy atom. The fourth-order valence-electron chi connectivity index (χ4n) is 3.51. The smallest absolute Gasteiger partial charge is 0.407 e. The normalized spacial score (nSPS) is 19.1. The third-order valence-electron chi connectivity index (χ3n) is 4.89. The number of nitrogens with zero attached hydrogens (tertiary/aromatic N) is 4. The Morgan fingerprint density at radius 2 is 2.17 bits per heavy atom. The minimum absolute atomic E-state index is 0.0372. The van der Waals surface area contributed by atoms with Crippen molar-refractivity contribution in [3.8, 4) is 6.07 Å². The quantitative estimate of drug-likeness (QED) is 0.746. The number of nitrogens with one attached hydrogen (secondary N) is 2. The maximum atomic E-state index is 12.2. The first-order valence-corrected chi connectivity index (χ1v) is 10.8. The van der Waals surface area contributed by atoms with Crippen LogP contribution in [0, 0.1) is 18.3 Å². The molecule has 1 saturated heterocycles. The summed E-state index contributed by atoms with van der Waals surface area (Å²) in [7, 11) is 0. The number of hydrogen-bond donors (Lipinski definition) is 2. The van der Waals surface area contributed by atoms with E-state index in [1.807, 2.05) is 39.8 Å². The second-order valence-electron chi connectivity index (χ2n) is 8.49. The Kier molecular flexibility index (Phi) is 6.46. The lowest BCUT2D eigenvalue weighted by Gasteiger charge is -2.41. The molecule has 3 heterocycles. The second-order valence-corrected chi connectivity index (χ2v) is 9.29. The van der Waals surface area contributed by atoms with E-state index in [9.17, 15) is 10.1 Å². The van der Waals surface area contributed by atoms with Crippen molar-refractivity contribution in [1.29, 1.82) is 5.26 Å². The number of alkyl carbamates (subject to hydrolysis) is 1. The molecular weight excluding hydrogens is 400 g/mol. The van der Waals surface area contributed by atoms with Crippen molar-refractivity contribution in [3.05, 3.63) is 29.7 Å². The van der Waals surface area contributed by atoms with E-state index >= 15 is 0 Å². The first-order valence-electron chi connectivity index (χ1n) is 10.0. The van der Waals surface area contributed by atoms with Gasteiger partial charge in [0.25, 0.3) is 0 Å². The van der Waals surface area contributed by atoms with E-state index < -0.39 is 11.7 Å². The number of pyridine rings is 1. The summed E-state index contributed by atoms with van der Waals surface area (Å²) >= 11 is 1.34. The van der Waals surface area contributed by atoms with Gasteiger partial charge in [-0.3, -0.25) is 0 Å². The molecule has 8 nitrogen and oxygen atoms in total. The number of rotatable bonds is 4. The largest absolute Gasteiger partial charge is 0.444 e. The molecule has 2 atom stereocenters. The number of hydrogen-bond acceptors (Lipinski definition) is 8. The number of amides is 1. The van der Waals surface area contributed by atoms with Crippen molar-refractivity contribution in [2.75, 3.05) is 16.8 Å². The molecule has 2 aromatic heterocycles. The van der Waals surface area contributed by atoms with Crippen LogP contribution >= 0.6 is 11.5 Å². The number of nitriles is 1. The summed E-state index contributed by atoms with van der Waals surface area (Å²) in [5.41, 5.74) is 2.27. The summed E-state index contributed by atoms with van der Waals surface area (Å²) in [6.07, 6.45) is 3.13. The molecule has 3 rings (SSSR count). The van der Waals surface area contributed by atoms with Crippen LogP contribution < -0.4 is 15.5 Å². The number of aryl methyl sites for hydroxylation is 1. The van der Waals surface area contributed by atoms with Crippen LogP contribution in [0.2, 0.25) is 0 Å². The van der Waals surface area contributed by atoms with Gasteiger partial charge in [0, 0.05) is 12.6 Å². The summed E-state index contributed by atoms with van der Waals surface area (Å²) < 4.78 is 9.68. The molecule has 1 amide bonds. The van der Waals surface area contributed by atoms with Crippen molar-refractivity contribution in [2.45, 2.75) is 65.1 Å². The molecule has 1 aliphatic heterocycles. The molecule has 9 heteroatoms. The summed E-state index contributed by atoms with van der Waals surface area (Å²) in [6, 6.07) is 6.03. The Balaban J connectivity index is 1.78. The zero-order valence-corrected chi connectivity index (χ0v) is 18.8. The van der Waals surface area contributed by atoms with Gasteiger partial charge in [-0.25, -0.2) is 9.78 Å². The van der Waals surface area contributed by atoms with E-state index in [4.69, 9.17) is 4.74 Å². The van der Waals surface area contributed by atoms with Crippen molar-refractivity contribution >= 4 is 34.0 Å². The third-order valence-corrected chi connectivity index (χ3v) is 5.68. The summed E-state index contributed by atoms with van der Waals surface area (Å²) in [5, 5.41) is 16.6. The highest BCUT2D eigenvalue weighted by molar-refractivity contribution is 7.10. The van der Waals surface area contributed by atoms with Crippen LogP contribution in [0.3, 0.4) is 0 Å². The SMILES string of the molecule is Cc1cc(Nc2cc(N3CCC[C@@H](NC(=O)OC(C)(C)C)[C@H]3C)cnc2C#N)sn1. The topological polar surface area (TPSA) is 103 Å². The highest BCUT2D eigenvalue weighted by atomic mass is 32.1. The van der Waals surface area contributed by atoms with Crippen LogP contribution in [0.4, 0.5) is 21.2 Å². The van der Waals surface area contributed by atoms with Gasteiger partial charge in [0.05, 0.1) is 29.3 Å². The van der Waals surface area contributed by atoms with Crippen LogP contribution in [0.15, 0.2) is 18.3 Å². The molecule has 0 bridgehead atoms. The van der Waals surface area contributed by atoms with E-state index in [-0.39, 0.29) is 12.1 Å². The summed E-state index contributed by atoms with van der Waals surface area (Å²) in [5.74, 6) is 0. The number of aromatic nitrogens is 2. The van der Waals surface area contributed by atoms with E-state index in [1.165, 1.54) is 11.5 Å². The predicted molar refractivity (Wildman–Crippen MR) is 118 cm³/mol. The number of anilines is 3. The lowest BCUT2D eigenvalue weighted by Crippen LogP contribution is -2.54. The molecule has 0 aliphatic carbocycles. The van der Waals surface area contributed by atoms with Gasteiger partial charge in [-0.05, 0) is 71.1 Å².